The normalized spacial score (nSPS) is 11.1. The fourth-order valence-electron chi connectivity index (χ4n) is 4.44. The summed E-state index contributed by atoms with van der Waals surface area (Å²) < 4.78 is 7.58. The third-order valence-corrected chi connectivity index (χ3v) is 6.55. The monoisotopic (exact) mass is 505 g/mol. The number of hydrogen-bond acceptors (Lipinski definition) is 6. The molecule has 0 spiro atoms. The number of aromatic nitrogens is 3. The quantitative estimate of drug-likeness (QED) is 0.254. The Kier molecular flexibility index (Phi) is 7.75. The molecule has 7 heteroatoms. The highest BCUT2D eigenvalue weighted by atomic mass is 16.5. The minimum absolute atomic E-state index is 0.0867. The SMILES string of the molecule is CCN(CC)CCOc1ccc(Nc2cc3c(cn2)cc(-c2ccccc2)c(=O)n3-c2ccccc2)nc1. The molecule has 1 N–H and O–H groups in total. The van der Waals surface area contributed by atoms with E-state index in [2.05, 4.69) is 34.0 Å². The van der Waals surface area contributed by atoms with E-state index in [1.807, 2.05) is 84.9 Å². The van der Waals surface area contributed by atoms with Gasteiger partial charge in [-0.05, 0) is 49.0 Å². The van der Waals surface area contributed by atoms with Gasteiger partial charge in [-0.2, -0.15) is 0 Å². The van der Waals surface area contributed by atoms with Crippen molar-refractivity contribution in [2.75, 3.05) is 31.6 Å². The number of nitrogens with one attached hydrogen (secondary N) is 1. The number of benzene rings is 2. The van der Waals surface area contributed by atoms with Crippen LogP contribution in [0.4, 0.5) is 11.6 Å². The van der Waals surface area contributed by atoms with Gasteiger partial charge >= 0.3 is 0 Å². The Morgan fingerprint density at radius 1 is 0.842 bits per heavy atom. The zero-order valence-corrected chi connectivity index (χ0v) is 21.7. The van der Waals surface area contributed by atoms with Gasteiger partial charge in [-0.25, -0.2) is 9.97 Å². The van der Waals surface area contributed by atoms with Crippen LogP contribution in [0.5, 0.6) is 5.75 Å². The average molecular weight is 506 g/mol. The largest absolute Gasteiger partial charge is 0.491 e. The van der Waals surface area contributed by atoms with Crippen molar-refractivity contribution < 1.29 is 4.74 Å². The van der Waals surface area contributed by atoms with Crippen LogP contribution in [0.1, 0.15) is 13.8 Å². The Labute approximate surface area is 222 Å². The third kappa shape index (κ3) is 5.58. The molecular weight excluding hydrogens is 474 g/mol. The van der Waals surface area contributed by atoms with Crippen LogP contribution < -0.4 is 15.6 Å². The van der Waals surface area contributed by atoms with Crippen LogP contribution in [0, 0.1) is 0 Å². The van der Waals surface area contributed by atoms with Gasteiger partial charge in [-0.15, -0.1) is 0 Å². The van der Waals surface area contributed by atoms with Crippen molar-refractivity contribution in [3.63, 3.8) is 0 Å². The smallest absolute Gasteiger partial charge is 0.263 e. The molecule has 0 amide bonds. The lowest BCUT2D eigenvalue weighted by atomic mass is 10.1. The Bertz CT molecular complexity index is 1550. The first-order valence-corrected chi connectivity index (χ1v) is 12.9. The molecule has 192 valence electrons. The number of pyridine rings is 3. The first kappa shape index (κ1) is 25.2. The summed E-state index contributed by atoms with van der Waals surface area (Å²) in [5.41, 5.74) is 2.96. The number of likely N-dealkylation sites (N-methyl/N-ethyl adjacent to an activating group) is 1. The summed E-state index contributed by atoms with van der Waals surface area (Å²) in [5.74, 6) is 1.96. The Balaban J connectivity index is 1.44. The molecule has 7 nitrogen and oxygen atoms in total. The third-order valence-electron chi connectivity index (χ3n) is 6.55. The van der Waals surface area contributed by atoms with Crippen LogP contribution in [0.2, 0.25) is 0 Å². The second kappa shape index (κ2) is 11.7. The second-order valence-corrected chi connectivity index (χ2v) is 8.91. The van der Waals surface area contributed by atoms with Gasteiger partial charge in [0, 0.05) is 35.4 Å². The number of ether oxygens (including phenoxy) is 1. The molecule has 2 aromatic carbocycles. The molecule has 0 aliphatic heterocycles. The molecule has 0 aliphatic rings. The topological polar surface area (TPSA) is 72.3 Å². The van der Waals surface area contributed by atoms with E-state index in [0.29, 0.717) is 23.8 Å². The number of anilines is 2. The van der Waals surface area contributed by atoms with Crippen molar-refractivity contribution in [1.29, 1.82) is 0 Å². The molecule has 0 saturated heterocycles. The maximum Gasteiger partial charge on any atom is 0.263 e. The molecule has 0 unspecified atom stereocenters. The zero-order valence-electron chi connectivity index (χ0n) is 21.7. The molecule has 0 atom stereocenters. The Morgan fingerprint density at radius 3 is 2.24 bits per heavy atom. The van der Waals surface area contributed by atoms with Crippen LogP contribution in [0.15, 0.2) is 102 Å². The molecule has 3 aromatic heterocycles. The predicted octanol–water partition coefficient (Wildman–Crippen LogP) is 5.91. The predicted molar refractivity (Wildman–Crippen MR) is 154 cm³/mol. The van der Waals surface area contributed by atoms with Gasteiger partial charge < -0.3 is 15.0 Å². The Hall–Kier alpha value is -4.49. The Morgan fingerprint density at radius 2 is 1.55 bits per heavy atom. The van der Waals surface area contributed by atoms with E-state index >= 15 is 0 Å². The second-order valence-electron chi connectivity index (χ2n) is 8.91. The van der Waals surface area contributed by atoms with Gasteiger partial charge in [0.2, 0.25) is 0 Å². The number of hydrogen-bond donors (Lipinski definition) is 1. The van der Waals surface area contributed by atoms with Gasteiger partial charge in [0.1, 0.15) is 24.0 Å². The van der Waals surface area contributed by atoms with E-state index in [0.717, 1.165) is 47.5 Å². The van der Waals surface area contributed by atoms with Crippen molar-refractivity contribution in [1.82, 2.24) is 19.4 Å². The number of para-hydroxylation sites is 1. The molecule has 5 rings (SSSR count). The summed E-state index contributed by atoms with van der Waals surface area (Å²) in [6.45, 7) is 7.80. The minimum Gasteiger partial charge on any atom is -0.491 e. The highest BCUT2D eigenvalue weighted by Gasteiger charge is 2.14. The highest BCUT2D eigenvalue weighted by molar-refractivity contribution is 5.87. The molecule has 0 saturated carbocycles. The molecular formula is C31H31N5O2. The maximum absolute atomic E-state index is 13.8. The maximum atomic E-state index is 13.8. The first-order chi connectivity index (χ1) is 18.7. The standard InChI is InChI=1S/C31H31N5O2/c1-3-35(4-2)17-18-38-26-15-16-29(33-22-26)34-30-20-28-24(21-32-30)19-27(23-11-7-5-8-12-23)31(37)36(28)25-13-9-6-10-14-25/h5-16,19-22H,3-4,17-18H2,1-2H3,(H,32,33,34). The van der Waals surface area contributed by atoms with E-state index in [4.69, 9.17) is 4.74 Å². The van der Waals surface area contributed by atoms with E-state index in [1.54, 1.807) is 17.0 Å². The summed E-state index contributed by atoms with van der Waals surface area (Å²) in [7, 11) is 0. The molecule has 0 bridgehead atoms. The lowest BCUT2D eigenvalue weighted by Gasteiger charge is -2.18. The van der Waals surface area contributed by atoms with Crippen LogP contribution >= 0.6 is 0 Å². The summed E-state index contributed by atoms with van der Waals surface area (Å²) in [6.07, 6.45) is 3.49. The van der Waals surface area contributed by atoms with Crippen LogP contribution in [0.3, 0.4) is 0 Å². The lowest BCUT2D eigenvalue weighted by Crippen LogP contribution is -2.27. The fraction of sp³-hybridized carbons (Fsp3) is 0.194. The minimum atomic E-state index is -0.0867. The summed E-state index contributed by atoms with van der Waals surface area (Å²) in [5, 5.41) is 4.12. The summed E-state index contributed by atoms with van der Waals surface area (Å²) in [4.78, 5) is 25.2. The van der Waals surface area contributed by atoms with Crippen molar-refractivity contribution >= 4 is 22.5 Å². The fourth-order valence-corrected chi connectivity index (χ4v) is 4.44. The summed E-state index contributed by atoms with van der Waals surface area (Å²) in [6, 6.07) is 26.9. The van der Waals surface area contributed by atoms with Gasteiger partial charge in [0.05, 0.1) is 11.7 Å². The van der Waals surface area contributed by atoms with Gasteiger partial charge in [0.25, 0.3) is 5.56 Å². The van der Waals surface area contributed by atoms with Crippen molar-refractivity contribution in [3.05, 3.63) is 108 Å². The number of fused-ring (bicyclic) bond motifs is 1. The van der Waals surface area contributed by atoms with Crippen molar-refractivity contribution in [3.8, 4) is 22.6 Å². The van der Waals surface area contributed by atoms with E-state index in [-0.39, 0.29) is 5.56 Å². The number of rotatable bonds is 10. The molecule has 0 aliphatic carbocycles. The van der Waals surface area contributed by atoms with Gasteiger partial charge in [0.15, 0.2) is 0 Å². The molecule has 0 radical (unpaired) electrons. The van der Waals surface area contributed by atoms with E-state index in [1.165, 1.54) is 0 Å². The molecule has 3 heterocycles. The van der Waals surface area contributed by atoms with Gasteiger partial charge in [-0.3, -0.25) is 9.36 Å². The average Bonchev–Trinajstić information content (AvgIpc) is 2.97. The van der Waals surface area contributed by atoms with Gasteiger partial charge in [-0.1, -0.05) is 62.4 Å². The van der Waals surface area contributed by atoms with Crippen molar-refractivity contribution in [2.45, 2.75) is 13.8 Å². The highest BCUT2D eigenvalue weighted by Crippen LogP contribution is 2.26. The van der Waals surface area contributed by atoms with Crippen molar-refractivity contribution in [2.24, 2.45) is 0 Å². The molecule has 5 aromatic rings. The molecule has 38 heavy (non-hydrogen) atoms. The van der Waals surface area contributed by atoms with E-state index in [9.17, 15) is 4.79 Å². The van der Waals surface area contributed by atoms with Crippen LogP contribution in [0.25, 0.3) is 27.7 Å². The van der Waals surface area contributed by atoms with Crippen LogP contribution in [-0.4, -0.2) is 45.7 Å². The number of nitrogens with zero attached hydrogens (tertiary/aromatic N) is 4. The lowest BCUT2D eigenvalue weighted by molar-refractivity contribution is 0.222. The zero-order chi connectivity index (χ0) is 26.3. The summed E-state index contributed by atoms with van der Waals surface area (Å²) >= 11 is 0. The molecule has 0 fully saturated rings. The van der Waals surface area contributed by atoms with E-state index < -0.39 is 0 Å². The first-order valence-electron chi connectivity index (χ1n) is 12.9. The van der Waals surface area contributed by atoms with Crippen LogP contribution in [-0.2, 0) is 0 Å².